The average molecular weight is 260 g/mol. The molecule has 1 heterocycles. The molecule has 0 amide bonds. The zero-order chi connectivity index (χ0) is 13.7. The predicted octanol–water partition coefficient (Wildman–Crippen LogP) is 3.44. The summed E-state index contributed by atoms with van der Waals surface area (Å²) < 4.78 is 0. The van der Waals surface area contributed by atoms with Gasteiger partial charge in [-0.2, -0.15) is 0 Å². The Balaban J connectivity index is 2.19. The molecule has 1 atom stereocenters. The SMILES string of the molecule is CCCC[C@@H](c1cc(C)cc(C)c1)N1CCNCC1. The van der Waals surface area contributed by atoms with Gasteiger partial charge < -0.3 is 5.32 Å². The minimum atomic E-state index is 0.612. The molecule has 1 aromatic carbocycles. The van der Waals surface area contributed by atoms with Crippen molar-refractivity contribution in [1.29, 1.82) is 0 Å². The van der Waals surface area contributed by atoms with Crippen LogP contribution < -0.4 is 5.32 Å². The maximum absolute atomic E-state index is 3.46. The molecule has 1 aliphatic heterocycles. The van der Waals surface area contributed by atoms with Crippen molar-refractivity contribution in [3.05, 3.63) is 34.9 Å². The summed E-state index contributed by atoms with van der Waals surface area (Å²) in [4.78, 5) is 2.67. The summed E-state index contributed by atoms with van der Waals surface area (Å²) in [5.41, 5.74) is 4.31. The lowest BCUT2D eigenvalue weighted by Crippen LogP contribution is -2.45. The Kier molecular flexibility index (Phi) is 5.41. The molecule has 1 saturated heterocycles. The van der Waals surface area contributed by atoms with Crippen LogP contribution in [0, 0.1) is 13.8 Å². The van der Waals surface area contributed by atoms with Gasteiger partial charge >= 0.3 is 0 Å². The van der Waals surface area contributed by atoms with Crippen molar-refractivity contribution in [2.45, 2.75) is 46.1 Å². The van der Waals surface area contributed by atoms with Crippen LogP contribution in [0.2, 0.25) is 0 Å². The van der Waals surface area contributed by atoms with Crippen LogP contribution in [0.4, 0.5) is 0 Å². The molecule has 0 bridgehead atoms. The zero-order valence-corrected chi connectivity index (χ0v) is 12.7. The van der Waals surface area contributed by atoms with Gasteiger partial charge in [-0.25, -0.2) is 0 Å². The first-order valence-electron chi connectivity index (χ1n) is 7.73. The molecule has 2 rings (SSSR count). The Morgan fingerprint density at radius 2 is 1.74 bits per heavy atom. The van der Waals surface area contributed by atoms with Gasteiger partial charge in [0.15, 0.2) is 0 Å². The van der Waals surface area contributed by atoms with Crippen molar-refractivity contribution in [2.24, 2.45) is 0 Å². The Morgan fingerprint density at radius 1 is 1.11 bits per heavy atom. The maximum Gasteiger partial charge on any atom is 0.0349 e. The van der Waals surface area contributed by atoms with Crippen LogP contribution in [0.15, 0.2) is 18.2 Å². The van der Waals surface area contributed by atoms with Crippen LogP contribution in [-0.4, -0.2) is 31.1 Å². The van der Waals surface area contributed by atoms with E-state index in [1.165, 1.54) is 49.0 Å². The molecule has 0 radical (unpaired) electrons. The maximum atomic E-state index is 3.46. The van der Waals surface area contributed by atoms with Crippen molar-refractivity contribution < 1.29 is 0 Å². The highest BCUT2D eigenvalue weighted by molar-refractivity contribution is 5.30. The first-order chi connectivity index (χ1) is 9.20. The topological polar surface area (TPSA) is 15.3 Å². The number of hydrogen-bond donors (Lipinski definition) is 1. The molecule has 1 aromatic rings. The molecule has 1 aliphatic rings. The van der Waals surface area contributed by atoms with Crippen LogP contribution >= 0.6 is 0 Å². The van der Waals surface area contributed by atoms with Gasteiger partial charge in [0.1, 0.15) is 0 Å². The molecule has 0 saturated carbocycles. The third kappa shape index (κ3) is 4.05. The minimum Gasteiger partial charge on any atom is -0.314 e. The Labute approximate surface area is 118 Å². The Morgan fingerprint density at radius 3 is 2.32 bits per heavy atom. The summed E-state index contributed by atoms with van der Waals surface area (Å²) in [6.45, 7) is 11.3. The Hall–Kier alpha value is -0.860. The fourth-order valence-electron chi connectivity index (χ4n) is 3.15. The van der Waals surface area contributed by atoms with Gasteiger partial charge in [-0.1, -0.05) is 49.1 Å². The van der Waals surface area contributed by atoms with E-state index in [9.17, 15) is 0 Å². The molecule has 106 valence electrons. The second kappa shape index (κ2) is 7.06. The monoisotopic (exact) mass is 260 g/mol. The highest BCUT2D eigenvalue weighted by Gasteiger charge is 2.21. The van der Waals surface area contributed by atoms with Crippen molar-refractivity contribution in [3.8, 4) is 0 Å². The standard InChI is InChI=1S/C17H28N2/c1-4-5-6-17(19-9-7-18-8-10-19)16-12-14(2)11-15(3)13-16/h11-13,17-18H,4-10H2,1-3H3/t17-/m0/s1. The second-order valence-corrected chi connectivity index (χ2v) is 5.87. The smallest absolute Gasteiger partial charge is 0.0349 e. The van der Waals surface area contributed by atoms with Crippen LogP contribution in [0.5, 0.6) is 0 Å². The van der Waals surface area contributed by atoms with Gasteiger partial charge in [0.05, 0.1) is 0 Å². The lowest BCUT2D eigenvalue weighted by molar-refractivity contribution is 0.163. The molecule has 19 heavy (non-hydrogen) atoms. The molecule has 0 aromatic heterocycles. The molecular formula is C17H28N2. The fourth-order valence-corrected chi connectivity index (χ4v) is 3.15. The second-order valence-electron chi connectivity index (χ2n) is 5.87. The summed E-state index contributed by atoms with van der Waals surface area (Å²) in [7, 11) is 0. The van der Waals surface area contributed by atoms with E-state index in [4.69, 9.17) is 0 Å². The zero-order valence-electron chi connectivity index (χ0n) is 12.7. The Bertz CT molecular complexity index is 374. The molecule has 2 heteroatoms. The van der Waals surface area contributed by atoms with E-state index in [1.54, 1.807) is 0 Å². The third-order valence-electron chi connectivity index (χ3n) is 4.05. The van der Waals surface area contributed by atoms with Gasteiger partial charge in [0, 0.05) is 32.2 Å². The number of aryl methyl sites for hydroxylation is 2. The van der Waals surface area contributed by atoms with Crippen molar-refractivity contribution in [3.63, 3.8) is 0 Å². The number of benzene rings is 1. The van der Waals surface area contributed by atoms with Gasteiger partial charge in [-0.15, -0.1) is 0 Å². The largest absolute Gasteiger partial charge is 0.314 e. The normalized spacial score (nSPS) is 18.5. The van der Waals surface area contributed by atoms with E-state index >= 15 is 0 Å². The molecule has 0 aliphatic carbocycles. The number of rotatable bonds is 5. The van der Waals surface area contributed by atoms with Gasteiger partial charge in [-0.3, -0.25) is 4.90 Å². The fraction of sp³-hybridized carbons (Fsp3) is 0.647. The molecule has 0 spiro atoms. The van der Waals surface area contributed by atoms with E-state index in [0.717, 1.165) is 13.1 Å². The van der Waals surface area contributed by atoms with Crippen LogP contribution in [0.3, 0.4) is 0 Å². The van der Waals surface area contributed by atoms with Crippen LogP contribution in [-0.2, 0) is 0 Å². The lowest BCUT2D eigenvalue weighted by Gasteiger charge is -2.35. The lowest BCUT2D eigenvalue weighted by atomic mass is 9.95. The first-order valence-corrected chi connectivity index (χ1v) is 7.73. The van der Waals surface area contributed by atoms with E-state index in [2.05, 4.69) is 49.2 Å². The van der Waals surface area contributed by atoms with E-state index in [-0.39, 0.29) is 0 Å². The van der Waals surface area contributed by atoms with Gasteiger partial charge in [0.25, 0.3) is 0 Å². The molecule has 1 N–H and O–H groups in total. The molecule has 1 fully saturated rings. The number of unbranched alkanes of at least 4 members (excludes halogenated alkanes) is 1. The van der Waals surface area contributed by atoms with Gasteiger partial charge in [-0.05, 0) is 25.8 Å². The number of nitrogens with one attached hydrogen (secondary N) is 1. The van der Waals surface area contributed by atoms with E-state index < -0.39 is 0 Å². The molecule has 0 unspecified atom stereocenters. The first kappa shape index (κ1) is 14.5. The van der Waals surface area contributed by atoms with Crippen molar-refractivity contribution >= 4 is 0 Å². The highest BCUT2D eigenvalue weighted by atomic mass is 15.2. The summed E-state index contributed by atoms with van der Waals surface area (Å²) in [5, 5.41) is 3.46. The quantitative estimate of drug-likeness (QED) is 0.872. The van der Waals surface area contributed by atoms with Crippen molar-refractivity contribution in [1.82, 2.24) is 10.2 Å². The van der Waals surface area contributed by atoms with E-state index in [1.807, 2.05) is 0 Å². The predicted molar refractivity (Wildman–Crippen MR) is 82.6 cm³/mol. The average Bonchev–Trinajstić information content (AvgIpc) is 2.39. The summed E-state index contributed by atoms with van der Waals surface area (Å²) in [6, 6.07) is 7.66. The van der Waals surface area contributed by atoms with Crippen LogP contribution in [0.1, 0.15) is 48.9 Å². The summed E-state index contributed by atoms with van der Waals surface area (Å²) >= 11 is 0. The molecule has 2 nitrogen and oxygen atoms in total. The number of nitrogens with zero attached hydrogens (tertiary/aromatic N) is 1. The minimum absolute atomic E-state index is 0.612. The number of piperazine rings is 1. The molecular weight excluding hydrogens is 232 g/mol. The highest BCUT2D eigenvalue weighted by Crippen LogP contribution is 2.28. The number of hydrogen-bond acceptors (Lipinski definition) is 2. The van der Waals surface area contributed by atoms with Gasteiger partial charge in [0.2, 0.25) is 0 Å². The summed E-state index contributed by atoms with van der Waals surface area (Å²) in [5.74, 6) is 0. The van der Waals surface area contributed by atoms with Crippen molar-refractivity contribution in [2.75, 3.05) is 26.2 Å². The summed E-state index contributed by atoms with van der Waals surface area (Å²) in [6.07, 6.45) is 3.90. The van der Waals surface area contributed by atoms with Crippen LogP contribution in [0.25, 0.3) is 0 Å². The third-order valence-corrected chi connectivity index (χ3v) is 4.05. The van der Waals surface area contributed by atoms with E-state index in [0.29, 0.717) is 6.04 Å².